The first-order chi connectivity index (χ1) is 11.4. The lowest BCUT2D eigenvalue weighted by atomic mass is 10.00. The normalized spacial score (nSPS) is 16.5. The second kappa shape index (κ2) is 6.17. The molecule has 1 aliphatic rings. The molecule has 114 valence electrons. The van der Waals surface area contributed by atoms with Crippen molar-refractivity contribution >= 4 is 11.4 Å². The van der Waals surface area contributed by atoms with E-state index in [0.29, 0.717) is 6.04 Å². The number of anilines is 2. The average Bonchev–Trinajstić information content (AvgIpc) is 2.64. The molecule has 0 radical (unpaired) electrons. The van der Waals surface area contributed by atoms with Gasteiger partial charge in [-0.1, -0.05) is 72.8 Å². The molecule has 1 N–H and O–H groups in total. The van der Waals surface area contributed by atoms with Crippen molar-refractivity contribution in [1.29, 1.82) is 0 Å². The molecule has 0 bridgehead atoms. The first-order valence-corrected chi connectivity index (χ1v) is 8.10. The number of nitrogens with one attached hydrogen (secondary N) is 1. The van der Waals surface area contributed by atoms with E-state index in [2.05, 4.69) is 95.1 Å². The maximum Gasteiger partial charge on any atom is 0.0719 e. The fourth-order valence-electron chi connectivity index (χ4n) is 3.31. The number of fused-ring (bicyclic) bond motifs is 1. The third-order valence-electron chi connectivity index (χ3n) is 4.46. The van der Waals surface area contributed by atoms with Gasteiger partial charge in [-0.3, -0.25) is 0 Å². The molecule has 1 unspecified atom stereocenters. The Bertz CT molecular complexity index is 768. The Hall–Kier alpha value is -2.74. The van der Waals surface area contributed by atoms with Gasteiger partial charge in [0.1, 0.15) is 0 Å². The van der Waals surface area contributed by atoms with Crippen molar-refractivity contribution in [3.05, 3.63) is 96.1 Å². The molecule has 1 heterocycles. The molecule has 4 rings (SSSR count). The predicted molar refractivity (Wildman–Crippen MR) is 96.7 cm³/mol. The summed E-state index contributed by atoms with van der Waals surface area (Å²) in [6.45, 7) is 1.84. The van der Waals surface area contributed by atoms with Gasteiger partial charge >= 0.3 is 0 Å². The average molecular weight is 300 g/mol. The molecule has 1 atom stereocenters. The fourth-order valence-corrected chi connectivity index (χ4v) is 3.31. The Morgan fingerprint density at radius 3 is 2.22 bits per heavy atom. The standard InChI is InChI=1S/C21H20N2/c1-3-9-17(10-4-1)16-23-20-14-8-7-13-19(20)22-15-21(23)18-11-5-2-6-12-18/h1-14,21-22H,15-16H2. The highest BCUT2D eigenvalue weighted by molar-refractivity contribution is 5.73. The summed E-state index contributed by atoms with van der Waals surface area (Å²) in [4.78, 5) is 2.51. The van der Waals surface area contributed by atoms with Crippen LogP contribution in [0.4, 0.5) is 11.4 Å². The van der Waals surface area contributed by atoms with E-state index in [1.165, 1.54) is 22.5 Å². The molecule has 0 amide bonds. The first kappa shape index (κ1) is 13.9. The van der Waals surface area contributed by atoms with Gasteiger partial charge in [-0.25, -0.2) is 0 Å². The van der Waals surface area contributed by atoms with Crippen LogP contribution in [0.1, 0.15) is 17.2 Å². The maximum atomic E-state index is 3.59. The molecule has 0 saturated carbocycles. The summed E-state index contributed by atoms with van der Waals surface area (Å²) in [5, 5.41) is 3.59. The van der Waals surface area contributed by atoms with Crippen molar-refractivity contribution in [2.24, 2.45) is 0 Å². The van der Waals surface area contributed by atoms with Crippen LogP contribution in [-0.2, 0) is 6.54 Å². The summed E-state index contributed by atoms with van der Waals surface area (Å²) in [6, 6.07) is 30.4. The molecule has 1 aliphatic heterocycles. The number of hydrogen-bond donors (Lipinski definition) is 1. The van der Waals surface area contributed by atoms with Gasteiger partial charge in [-0.05, 0) is 23.3 Å². The summed E-state index contributed by atoms with van der Waals surface area (Å²) >= 11 is 0. The van der Waals surface area contributed by atoms with E-state index in [-0.39, 0.29) is 0 Å². The van der Waals surface area contributed by atoms with Crippen LogP contribution in [0.25, 0.3) is 0 Å². The topological polar surface area (TPSA) is 15.3 Å². The summed E-state index contributed by atoms with van der Waals surface area (Å²) in [5.41, 5.74) is 5.18. The van der Waals surface area contributed by atoms with E-state index in [1.807, 2.05) is 0 Å². The van der Waals surface area contributed by atoms with E-state index in [4.69, 9.17) is 0 Å². The van der Waals surface area contributed by atoms with Crippen LogP contribution < -0.4 is 10.2 Å². The Labute approximate surface area is 137 Å². The molecule has 0 saturated heterocycles. The quantitative estimate of drug-likeness (QED) is 0.743. The van der Waals surface area contributed by atoms with Gasteiger partial charge in [0.15, 0.2) is 0 Å². The fraction of sp³-hybridized carbons (Fsp3) is 0.143. The van der Waals surface area contributed by atoms with Gasteiger partial charge in [-0.2, -0.15) is 0 Å². The molecular formula is C21H20N2. The summed E-state index contributed by atoms with van der Waals surface area (Å²) in [5.74, 6) is 0. The van der Waals surface area contributed by atoms with Gasteiger partial charge in [0.05, 0.1) is 17.4 Å². The van der Waals surface area contributed by atoms with E-state index in [1.54, 1.807) is 0 Å². The zero-order valence-corrected chi connectivity index (χ0v) is 13.0. The van der Waals surface area contributed by atoms with Crippen LogP contribution in [0.5, 0.6) is 0 Å². The van der Waals surface area contributed by atoms with Crippen molar-refractivity contribution in [2.75, 3.05) is 16.8 Å². The lowest BCUT2D eigenvalue weighted by molar-refractivity contribution is 0.628. The van der Waals surface area contributed by atoms with Crippen molar-refractivity contribution in [3.8, 4) is 0 Å². The predicted octanol–water partition coefficient (Wildman–Crippen LogP) is 4.86. The number of benzene rings is 3. The first-order valence-electron chi connectivity index (χ1n) is 8.10. The Balaban J connectivity index is 1.74. The summed E-state index contributed by atoms with van der Waals surface area (Å²) in [6.07, 6.45) is 0. The molecule has 0 aromatic heterocycles. The Morgan fingerprint density at radius 2 is 1.43 bits per heavy atom. The SMILES string of the molecule is c1ccc(CN2c3ccccc3NCC2c2ccccc2)cc1. The van der Waals surface area contributed by atoms with E-state index in [0.717, 1.165) is 13.1 Å². The van der Waals surface area contributed by atoms with E-state index >= 15 is 0 Å². The minimum atomic E-state index is 0.339. The number of rotatable bonds is 3. The molecule has 0 aliphatic carbocycles. The van der Waals surface area contributed by atoms with Crippen molar-refractivity contribution in [3.63, 3.8) is 0 Å². The largest absolute Gasteiger partial charge is 0.381 e. The van der Waals surface area contributed by atoms with Gasteiger partial charge in [-0.15, -0.1) is 0 Å². The van der Waals surface area contributed by atoms with E-state index in [9.17, 15) is 0 Å². The highest BCUT2D eigenvalue weighted by Gasteiger charge is 2.26. The molecule has 2 nitrogen and oxygen atoms in total. The van der Waals surface area contributed by atoms with Crippen LogP contribution in [-0.4, -0.2) is 6.54 Å². The van der Waals surface area contributed by atoms with Crippen molar-refractivity contribution in [1.82, 2.24) is 0 Å². The van der Waals surface area contributed by atoms with Gasteiger partial charge in [0.25, 0.3) is 0 Å². The summed E-state index contributed by atoms with van der Waals surface area (Å²) < 4.78 is 0. The third-order valence-corrected chi connectivity index (χ3v) is 4.46. The van der Waals surface area contributed by atoms with Gasteiger partial charge in [0, 0.05) is 13.1 Å². The molecule has 2 heteroatoms. The molecule has 3 aromatic carbocycles. The smallest absolute Gasteiger partial charge is 0.0719 e. The highest BCUT2D eigenvalue weighted by Crippen LogP contribution is 2.38. The van der Waals surface area contributed by atoms with Crippen LogP contribution in [0.3, 0.4) is 0 Å². The number of hydrogen-bond acceptors (Lipinski definition) is 2. The van der Waals surface area contributed by atoms with Crippen LogP contribution in [0, 0.1) is 0 Å². The molecule has 23 heavy (non-hydrogen) atoms. The second-order valence-electron chi connectivity index (χ2n) is 5.94. The monoisotopic (exact) mass is 300 g/mol. The lowest BCUT2D eigenvalue weighted by Gasteiger charge is -2.40. The minimum Gasteiger partial charge on any atom is -0.381 e. The Kier molecular flexibility index (Phi) is 3.73. The molecule has 0 spiro atoms. The number of para-hydroxylation sites is 2. The van der Waals surface area contributed by atoms with Crippen molar-refractivity contribution < 1.29 is 0 Å². The second-order valence-corrected chi connectivity index (χ2v) is 5.94. The number of nitrogens with zero attached hydrogens (tertiary/aromatic N) is 1. The third kappa shape index (κ3) is 2.80. The Morgan fingerprint density at radius 1 is 0.783 bits per heavy atom. The van der Waals surface area contributed by atoms with Crippen LogP contribution in [0.2, 0.25) is 0 Å². The van der Waals surface area contributed by atoms with E-state index < -0.39 is 0 Å². The zero-order valence-electron chi connectivity index (χ0n) is 13.0. The van der Waals surface area contributed by atoms with Crippen LogP contribution in [0.15, 0.2) is 84.9 Å². The van der Waals surface area contributed by atoms with Gasteiger partial charge in [0.2, 0.25) is 0 Å². The molecule has 3 aromatic rings. The minimum absolute atomic E-state index is 0.339. The van der Waals surface area contributed by atoms with Crippen LogP contribution >= 0.6 is 0 Å². The lowest BCUT2D eigenvalue weighted by Crippen LogP contribution is -2.37. The molecule has 0 fully saturated rings. The van der Waals surface area contributed by atoms with Crippen molar-refractivity contribution in [2.45, 2.75) is 12.6 Å². The molecular weight excluding hydrogens is 280 g/mol. The zero-order chi connectivity index (χ0) is 15.5. The highest BCUT2D eigenvalue weighted by atomic mass is 15.2. The maximum absolute atomic E-state index is 3.59. The van der Waals surface area contributed by atoms with Gasteiger partial charge < -0.3 is 10.2 Å². The summed E-state index contributed by atoms with van der Waals surface area (Å²) in [7, 11) is 0.